The highest BCUT2D eigenvalue weighted by atomic mass is 16.5. The summed E-state index contributed by atoms with van der Waals surface area (Å²) in [5.74, 6) is 0.782. The van der Waals surface area contributed by atoms with Crippen LogP contribution in [-0.4, -0.2) is 45.4 Å². The summed E-state index contributed by atoms with van der Waals surface area (Å²) in [7, 11) is 0. The van der Waals surface area contributed by atoms with Crippen LogP contribution in [0.3, 0.4) is 0 Å². The fraction of sp³-hybridized carbons (Fsp3) is 0.333. The molecular weight excluding hydrogens is 354 g/mol. The van der Waals surface area contributed by atoms with E-state index in [0.717, 1.165) is 22.6 Å². The molecule has 144 valence electrons. The number of aromatic nitrogens is 4. The van der Waals surface area contributed by atoms with Gasteiger partial charge in [-0.1, -0.05) is 43.7 Å². The first-order chi connectivity index (χ1) is 13.5. The molecule has 0 spiro atoms. The first-order valence-corrected chi connectivity index (χ1v) is 9.40. The van der Waals surface area contributed by atoms with Crippen LogP contribution in [0.1, 0.15) is 41.5 Å². The number of hydrogen-bond acceptors (Lipinski definition) is 5. The fourth-order valence-corrected chi connectivity index (χ4v) is 3.10. The Hall–Kier alpha value is -3.06. The number of carbonyl (C=O) groups excluding carboxylic acids is 1. The van der Waals surface area contributed by atoms with Crippen molar-refractivity contribution in [1.82, 2.24) is 25.5 Å². The number of benzene rings is 2. The normalized spacial score (nSPS) is 14.1. The molecule has 2 aromatic carbocycles. The lowest BCUT2D eigenvalue weighted by atomic mass is 10.00. The van der Waals surface area contributed by atoms with Crippen molar-refractivity contribution in [1.29, 1.82) is 0 Å². The highest BCUT2D eigenvalue weighted by Crippen LogP contribution is 2.26. The van der Waals surface area contributed by atoms with Crippen molar-refractivity contribution in [2.24, 2.45) is 0 Å². The van der Waals surface area contributed by atoms with Crippen LogP contribution in [0.15, 0.2) is 42.5 Å². The van der Waals surface area contributed by atoms with Crippen LogP contribution in [0, 0.1) is 6.92 Å². The molecule has 1 aromatic heterocycles. The van der Waals surface area contributed by atoms with Gasteiger partial charge in [0.1, 0.15) is 0 Å². The summed E-state index contributed by atoms with van der Waals surface area (Å²) in [6.07, 6.45) is 0. The van der Waals surface area contributed by atoms with E-state index in [1.807, 2.05) is 32.0 Å². The summed E-state index contributed by atoms with van der Waals surface area (Å²) in [5, 5.41) is 15.1. The summed E-state index contributed by atoms with van der Waals surface area (Å²) in [6.45, 7) is 7.24. The molecule has 4 rings (SSSR count). The number of carbonyl (C=O) groups is 1. The third-order valence-corrected chi connectivity index (χ3v) is 4.79. The molecule has 28 heavy (non-hydrogen) atoms. The quantitative estimate of drug-likeness (QED) is 0.739. The lowest BCUT2D eigenvalue weighted by Gasteiger charge is -2.27. The lowest BCUT2D eigenvalue weighted by Crippen LogP contribution is -2.48. The van der Waals surface area contributed by atoms with Gasteiger partial charge in [0.2, 0.25) is 0 Å². The Balaban J connectivity index is 1.79. The number of aryl methyl sites for hydroxylation is 1. The molecule has 7 nitrogen and oxygen atoms in total. The second-order valence-electron chi connectivity index (χ2n) is 7.45. The largest absolute Gasteiger partial charge is 0.377 e. The number of hydrogen-bond donors (Lipinski definition) is 1. The highest BCUT2D eigenvalue weighted by molar-refractivity contribution is 5.96. The standard InChI is InChI=1S/C21H23N5O2/c1-13(2)20-23-24-25-26(20)19-9-16(15-6-4-14(3)5-7-15)8-17(10-19)21(27)22-18-11-28-12-18/h4-10,13,18H,11-12H2,1-3H3,(H,22,27). The van der Waals surface area contributed by atoms with Crippen molar-refractivity contribution in [2.45, 2.75) is 32.7 Å². The average Bonchev–Trinajstić information content (AvgIpc) is 3.15. The van der Waals surface area contributed by atoms with Crippen LogP contribution in [0.25, 0.3) is 16.8 Å². The second kappa shape index (κ2) is 7.52. The van der Waals surface area contributed by atoms with E-state index in [9.17, 15) is 4.79 Å². The first kappa shape index (κ1) is 18.3. The van der Waals surface area contributed by atoms with Crippen LogP contribution in [0.2, 0.25) is 0 Å². The predicted octanol–water partition coefficient (Wildman–Crippen LogP) is 2.89. The molecule has 0 aliphatic carbocycles. The van der Waals surface area contributed by atoms with Gasteiger partial charge in [-0.25, -0.2) is 0 Å². The molecular formula is C21H23N5O2. The number of amides is 1. The second-order valence-corrected chi connectivity index (χ2v) is 7.45. The molecule has 1 amide bonds. The van der Waals surface area contributed by atoms with E-state index in [1.54, 1.807) is 4.68 Å². The molecule has 0 saturated carbocycles. The van der Waals surface area contributed by atoms with Gasteiger partial charge in [-0.2, -0.15) is 4.68 Å². The molecule has 7 heteroatoms. The Morgan fingerprint density at radius 3 is 2.54 bits per heavy atom. The molecule has 1 aliphatic rings. The van der Waals surface area contributed by atoms with Crippen molar-refractivity contribution in [2.75, 3.05) is 13.2 Å². The topological polar surface area (TPSA) is 81.9 Å². The van der Waals surface area contributed by atoms with Crippen molar-refractivity contribution < 1.29 is 9.53 Å². The summed E-state index contributed by atoms with van der Waals surface area (Å²) in [6, 6.07) is 14.0. The Morgan fingerprint density at radius 1 is 1.14 bits per heavy atom. The zero-order valence-electron chi connectivity index (χ0n) is 16.2. The summed E-state index contributed by atoms with van der Waals surface area (Å²) in [5.41, 5.74) is 4.50. The number of tetrazole rings is 1. The van der Waals surface area contributed by atoms with Gasteiger partial charge in [0, 0.05) is 11.5 Å². The van der Waals surface area contributed by atoms with Crippen molar-refractivity contribution in [3.63, 3.8) is 0 Å². The van der Waals surface area contributed by atoms with E-state index in [-0.39, 0.29) is 17.9 Å². The molecule has 1 saturated heterocycles. The maximum atomic E-state index is 12.8. The Labute approximate surface area is 163 Å². The molecule has 0 unspecified atom stereocenters. The van der Waals surface area contributed by atoms with Crippen molar-refractivity contribution >= 4 is 5.91 Å². The monoisotopic (exact) mass is 377 g/mol. The highest BCUT2D eigenvalue weighted by Gasteiger charge is 2.22. The fourth-order valence-electron chi connectivity index (χ4n) is 3.10. The van der Waals surface area contributed by atoms with Crippen molar-refractivity contribution in [3.05, 3.63) is 59.4 Å². The van der Waals surface area contributed by atoms with Gasteiger partial charge >= 0.3 is 0 Å². The molecule has 1 aliphatic heterocycles. The van der Waals surface area contributed by atoms with Crippen LogP contribution >= 0.6 is 0 Å². The molecule has 0 radical (unpaired) electrons. The van der Waals surface area contributed by atoms with Crippen LogP contribution in [0.4, 0.5) is 0 Å². The number of rotatable bonds is 5. The third kappa shape index (κ3) is 3.66. The van der Waals surface area contributed by atoms with Gasteiger partial charge in [-0.3, -0.25) is 4.79 Å². The third-order valence-electron chi connectivity index (χ3n) is 4.79. The van der Waals surface area contributed by atoms with E-state index < -0.39 is 0 Å². The van der Waals surface area contributed by atoms with E-state index in [4.69, 9.17) is 4.74 Å². The smallest absolute Gasteiger partial charge is 0.251 e. The predicted molar refractivity (Wildman–Crippen MR) is 105 cm³/mol. The Morgan fingerprint density at radius 2 is 1.89 bits per heavy atom. The first-order valence-electron chi connectivity index (χ1n) is 9.40. The molecule has 0 atom stereocenters. The van der Waals surface area contributed by atoms with E-state index in [2.05, 4.69) is 52.0 Å². The minimum atomic E-state index is -0.123. The summed E-state index contributed by atoms with van der Waals surface area (Å²) >= 11 is 0. The number of nitrogens with zero attached hydrogens (tertiary/aromatic N) is 4. The minimum Gasteiger partial charge on any atom is -0.377 e. The maximum Gasteiger partial charge on any atom is 0.251 e. The lowest BCUT2D eigenvalue weighted by molar-refractivity contribution is -0.00346. The van der Waals surface area contributed by atoms with Crippen LogP contribution < -0.4 is 5.32 Å². The Kier molecular flexibility index (Phi) is 4.92. The van der Waals surface area contributed by atoms with Gasteiger partial charge in [0.15, 0.2) is 5.82 Å². The van der Waals surface area contributed by atoms with Gasteiger partial charge in [-0.05, 0) is 46.7 Å². The SMILES string of the molecule is Cc1ccc(-c2cc(C(=O)NC3COC3)cc(-n3nnnc3C(C)C)c2)cc1. The minimum absolute atomic E-state index is 0.0678. The van der Waals surface area contributed by atoms with Crippen LogP contribution in [-0.2, 0) is 4.74 Å². The Bertz CT molecular complexity index is 990. The van der Waals surface area contributed by atoms with E-state index >= 15 is 0 Å². The molecule has 3 aromatic rings. The van der Waals surface area contributed by atoms with Gasteiger partial charge < -0.3 is 10.1 Å². The summed E-state index contributed by atoms with van der Waals surface area (Å²) < 4.78 is 6.86. The zero-order chi connectivity index (χ0) is 19.7. The zero-order valence-corrected chi connectivity index (χ0v) is 16.2. The van der Waals surface area contributed by atoms with E-state index in [0.29, 0.717) is 18.8 Å². The van der Waals surface area contributed by atoms with Crippen LogP contribution in [0.5, 0.6) is 0 Å². The molecule has 1 N–H and O–H groups in total. The van der Waals surface area contributed by atoms with Gasteiger partial charge in [0.25, 0.3) is 5.91 Å². The number of nitrogens with one attached hydrogen (secondary N) is 1. The molecule has 0 bridgehead atoms. The number of ether oxygens (including phenoxy) is 1. The maximum absolute atomic E-state index is 12.8. The van der Waals surface area contributed by atoms with Crippen molar-refractivity contribution in [3.8, 4) is 16.8 Å². The average molecular weight is 377 g/mol. The van der Waals surface area contributed by atoms with Gasteiger partial charge in [0.05, 0.1) is 24.9 Å². The summed E-state index contributed by atoms with van der Waals surface area (Å²) in [4.78, 5) is 12.8. The van der Waals surface area contributed by atoms with E-state index in [1.165, 1.54) is 5.56 Å². The molecule has 2 heterocycles. The van der Waals surface area contributed by atoms with Gasteiger partial charge in [-0.15, -0.1) is 5.10 Å². The molecule has 1 fully saturated rings.